The average molecular weight is 325 g/mol. The zero-order valence-corrected chi connectivity index (χ0v) is 14.1. The molecule has 3 N–H and O–H groups in total. The minimum atomic E-state index is -3.65. The van der Waals surface area contributed by atoms with Gasteiger partial charge in [0.2, 0.25) is 10.0 Å². The van der Waals surface area contributed by atoms with Crippen LogP contribution in [0.25, 0.3) is 0 Å². The maximum absolute atomic E-state index is 12.6. The third kappa shape index (κ3) is 3.25. The van der Waals surface area contributed by atoms with Crippen molar-refractivity contribution in [3.05, 3.63) is 39.3 Å². The topological polar surface area (TPSA) is 85.1 Å². The van der Waals surface area contributed by atoms with E-state index in [9.17, 15) is 8.42 Å². The fourth-order valence-electron chi connectivity index (χ4n) is 2.17. The number of thiazole rings is 1. The van der Waals surface area contributed by atoms with Crippen molar-refractivity contribution in [3.63, 3.8) is 0 Å². The van der Waals surface area contributed by atoms with E-state index in [0.717, 1.165) is 9.88 Å². The van der Waals surface area contributed by atoms with Gasteiger partial charge in [-0.05, 0) is 44.9 Å². The standard InChI is InChI=1S/C14H19N3O2S2/c1-8-5-6-12(15)10(3)13(8)21(18,19)17-11(4)14-16-7-9(2)20-14/h5-7,11,17H,15H2,1-4H3. The molecule has 114 valence electrons. The van der Waals surface area contributed by atoms with E-state index in [2.05, 4.69) is 9.71 Å². The molecule has 1 aromatic carbocycles. The molecule has 0 bridgehead atoms. The van der Waals surface area contributed by atoms with Crippen molar-refractivity contribution in [2.75, 3.05) is 5.73 Å². The van der Waals surface area contributed by atoms with Crippen LogP contribution in [0.4, 0.5) is 5.69 Å². The summed E-state index contributed by atoms with van der Waals surface area (Å²) in [5.41, 5.74) is 7.55. The third-order valence-electron chi connectivity index (χ3n) is 3.25. The Hall–Kier alpha value is -1.44. The van der Waals surface area contributed by atoms with E-state index in [-0.39, 0.29) is 10.9 Å². The first-order valence-corrected chi connectivity index (χ1v) is 8.82. The Morgan fingerprint density at radius 3 is 2.52 bits per heavy atom. The van der Waals surface area contributed by atoms with Crippen LogP contribution in [0.5, 0.6) is 0 Å². The van der Waals surface area contributed by atoms with E-state index in [0.29, 0.717) is 16.8 Å². The van der Waals surface area contributed by atoms with E-state index < -0.39 is 10.0 Å². The third-order valence-corrected chi connectivity index (χ3v) is 6.18. The number of sulfonamides is 1. The number of nitrogens with one attached hydrogen (secondary N) is 1. The van der Waals surface area contributed by atoms with Crippen LogP contribution in [0.15, 0.2) is 23.2 Å². The molecule has 0 aliphatic carbocycles. The van der Waals surface area contributed by atoms with Crippen LogP contribution >= 0.6 is 11.3 Å². The number of aryl methyl sites for hydroxylation is 2. The van der Waals surface area contributed by atoms with Gasteiger partial charge in [-0.3, -0.25) is 0 Å². The lowest BCUT2D eigenvalue weighted by Gasteiger charge is -2.16. The van der Waals surface area contributed by atoms with E-state index in [1.165, 1.54) is 11.3 Å². The Morgan fingerprint density at radius 2 is 1.95 bits per heavy atom. The molecule has 2 rings (SSSR count). The van der Waals surface area contributed by atoms with Gasteiger partial charge >= 0.3 is 0 Å². The molecule has 7 heteroatoms. The molecule has 2 aromatic rings. The Bertz CT molecular complexity index is 767. The van der Waals surface area contributed by atoms with Gasteiger partial charge in [0.1, 0.15) is 5.01 Å². The Labute approximate surface area is 129 Å². The molecule has 0 aliphatic heterocycles. The summed E-state index contributed by atoms with van der Waals surface area (Å²) in [5.74, 6) is 0. The van der Waals surface area contributed by atoms with Crippen molar-refractivity contribution in [1.29, 1.82) is 0 Å². The van der Waals surface area contributed by atoms with Crippen LogP contribution in [-0.2, 0) is 10.0 Å². The summed E-state index contributed by atoms with van der Waals surface area (Å²) in [6, 6.07) is 3.06. The molecule has 0 saturated heterocycles. The maximum Gasteiger partial charge on any atom is 0.241 e. The van der Waals surface area contributed by atoms with Gasteiger partial charge in [-0.15, -0.1) is 11.3 Å². The van der Waals surface area contributed by atoms with Gasteiger partial charge in [-0.1, -0.05) is 6.07 Å². The summed E-state index contributed by atoms with van der Waals surface area (Å²) < 4.78 is 27.9. The second-order valence-corrected chi connectivity index (χ2v) is 8.00. The van der Waals surface area contributed by atoms with Gasteiger partial charge in [-0.25, -0.2) is 18.1 Å². The normalized spacial score (nSPS) is 13.3. The van der Waals surface area contributed by atoms with Crippen molar-refractivity contribution in [3.8, 4) is 0 Å². The molecular weight excluding hydrogens is 306 g/mol. The maximum atomic E-state index is 12.6. The fraction of sp³-hybridized carbons (Fsp3) is 0.357. The average Bonchev–Trinajstić information content (AvgIpc) is 2.80. The minimum Gasteiger partial charge on any atom is -0.398 e. The summed E-state index contributed by atoms with van der Waals surface area (Å²) in [6.07, 6.45) is 1.74. The highest BCUT2D eigenvalue weighted by Crippen LogP contribution is 2.27. The Balaban J connectivity index is 2.37. The molecule has 1 atom stereocenters. The second-order valence-electron chi connectivity index (χ2n) is 5.08. The number of nitrogens with zero attached hydrogens (tertiary/aromatic N) is 1. The van der Waals surface area contributed by atoms with Gasteiger partial charge in [0, 0.05) is 16.8 Å². The summed E-state index contributed by atoms with van der Waals surface area (Å²) in [7, 11) is -3.65. The van der Waals surface area contributed by atoms with Crippen LogP contribution in [0.1, 0.15) is 34.0 Å². The van der Waals surface area contributed by atoms with Crippen LogP contribution < -0.4 is 10.5 Å². The number of nitrogen functional groups attached to an aromatic ring is 1. The second kappa shape index (κ2) is 5.75. The fourth-order valence-corrected chi connectivity index (χ4v) is 4.73. The molecule has 5 nitrogen and oxygen atoms in total. The van der Waals surface area contributed by atoms with E-state index in [1.807, 2.05) is 6.92 Å². The first kappa shape index (κ1) is 15.9. The molecule has 1 unspecified atom stereocenters. The molecule has 0 fully saturated rings. The van der Waals surface area contributed by atoms with E-state index in [4.69, 9.17) is 5.73 Å². The lowest BCUT2D eigenvalue weighted by atomic mass is 10.1. The number of hydrogen-bond acceptors (Lipinski definition) is 5. The predicted octanol–water partition coefficient (Wildman–Crippen LogP) is 2.69. The van der Waals surface area contributed by atoms with Crippen molar-refractivity contribution in [1.82, 2.24) is 9.71 Å². The molecule has 1 aromatic heterocycles. The molecule has 21 heavy (non-hydrogen) atoms. The molecule has 0 radical (unpaired) electrons. The lowest BCUT2D eigenvalue weighted by Crippen LogP contribution is -2.28. The number of rotatable bonds is 4. The molecule has 0 spiro atoms. The lowest BCUT2D eigenvalue weighted by molar-refractivity contribution is 0.565. The van der Waals surface area contributed by atoms with Crippen molar-refractivity contribution in [2.45, 2.75) is 38.6 Å². The van der Waals surface area contributed by atoms with Crippen LogP contribution in [0.3, 0.4) is 0 Å². The van der Waals surface area contributed by atoms with Gasteiger partial charge in [-0.2, -0.15) is 0 Å². The quantitative estimate of drug-likeness (QED) is 0.846. The molecule has 0 amide bonds. The van der Waals surface area contributed by atoms with E-state index >= 15 is 0 Å². The van der Waals surface area contributed by atoms with Crippen LogP contribution in [0, 0.1) is 20.8 Å². The Morgan fingerprint density at radius 1 is 1.29 bits per heavy atom. The molecular formula is C14H19N3O2S2. The van der Waals surface area contributed by atoms with Crippen molar-refractivity contribution in [2.24, 2.45) is 0 Å². The van der Waals surface area contributed by atoms with Crippen LogP contribution in [0.2, 0.25) is 0 Å². The van der Waals surface area contributed by atoms with Gasteiger partial charge in [0.05, 0.1) is 10.9 Å². The summed E-state index contributed by atoms with van der Waals surface area (Å²) in [6.45, 7) is 7.20. The SMILES string of the molecule is Cc1cnc(C(C)NS(=O)(=O)c2c(C)ccc(N)c2C)s1. The summed E-state index contributed by atoms with van der Waals surface area (Å²) >= 11 is 1.48. The van der Waals surface area contributed by atoms with Crippen molar-refractivity contribution >= 4 is 27.0 Å². The highest BCUT2D eigenvalue weighted by molar-refractivity contribution is 7.89. The van der Waals surface area contributed by atoms with Gasteiger partial charge < -0.3 is 5.73 Å². The zero-order valence-electron chi connectivity index (χ0n) is 12.5. The molecule has 0 aliphatic rings. The smallest absolute Gasteiger partial charge is 0.241 e. The minimum absolute atomic E-state index is 0.252. The predicted molar refractivity (Wildman–Crippen MR) is 85.9 cm³/mol. The Kier molecular flexibility index (Phi) is 4.36. The summed E-state index contributed by atoms with van der Waals surface area (Å²) in [5, 5.41) is 0.746. The first-order chi connectivity index (χ1) is 9.72. The first-order valence-electron chi connectivity index (χ1n) is 6.52. The monoisotopic (exact) mass is 325 g/mol. The van der Waals surface area contributed by atoms with Gasteiger partial charge in [0.15, 0.2) is 0 Å². The number of hydrogen-bond donors (Lipinski definition) is 2. The summed E-state index contributed by atoms with van der Waals surface area (Å²) in [4.78, 5) is 5.52. The number of aromatic nitrogens is 1. The highest BCUT2D eigenvalue weighted by atomic mass is 32.2. The molecule has 0 saturated carbocycles. The van der Waals surface area contributed by atoms with Crippen molar-refractivity contribution < 1.29 is 8.42 Å². The molecule has 1 heterocycles. The largest absolute Gasteiger partial charge is 0.398 e. The van der Waals surface area contributed by atoms with Crippen LogP contribution in [-0.4, -0.2) is 13.4 Å². The van der Waals surface area contributed by atoms with E-state index in [1.54, 1.807) is 39.1 Å². The van der Waals surface area contributed by atoms with Gasteiger partial charge in [0.25, 0.3) is 0 Å². The number of anilines is 1. The zero-order chi connectivity index (χ0) is 15.8. The number of nitrogens with two attached hydrogens (primary N) is 1. The number of benzene rings is 1. The highest BCUT2D eigenvalue weighted by Gasteiger charge is 2.24.